The summed E-state index contributed by atoms with van der Waals surface area (Å²) in [7, 11) is 0. The van der Waals surface area contributed by atoms with Crippen LogP contribution in [0.1, 0.15) is 32.1 Å². The minimum Gasteiger partial charge on any atom is -0.389 e. The molecule has 0 aromatic carbocycles. The van der Waals surface area contributed by atoms with Crippen LogP contribution in [-0.2, 0) is 0 Å². The van der Waals surface area contributed by atoms with E-state index in [1.165, 1.54) is 25.7 Å². The van der Waals surface area contributed by atoms with E-state index >= 15 is 0 Å². The molecule has 0 bridgehead atoms. The molecule has 2 rings (SSSR count). The van der Waals surface area contributed by atoms with Crippen LogP contribution in [0.5, 0.6) is 0 Å². The van der Waals surface area contributed by atoms with E-state index in [-0.39, 0.29) is 6.10 Å². The molecule has 2 unspecified atom stereocenters. The molecule has 0 aromatic heterocycles. The van der Waals surface area contributed by atoms with Gasteiger partial charge in [0, 0.05) is 0 Å². The van der Waals surface area contributed by atoms with E-state index < -0.39 is 0 Å². The van der Waals surface area contributed by atoms with Gasteiger partial charge in [-0.05, 0) is 31.6 Å². The van der Waals surface area contributed by atoms with Gasteiger partial charge in [0.2, 0.25) is 0 Å². The van der Waals surface area contributed by atoms with Gasteiger partial charge in [-0.25, -0.2) is 0 Å². The first-order valence-electron chi connectivity index (χ1n) is 4.25. The molecule has 0 amide bonds. The Kier molecular flexibility index (Phi) is 1.53. The Morgan fingerprint density at radius 2 is 2.30 bits per heavy atom. The summed E-state index contributed by atoms with van der Waals surface area (Å²) in [5, 5.41) is 9.28. The summed E-state index contributed by atoms with van der Waals surface area (Å²) in [5.74, 6) is 0.753. The van der Waals surface area contributed by atoms with Crippen LogP contribution in [-0.4, -0.2) is 11.2 Å². The number of hydrogen-bond donors (Lipinski definition) is 1. The smallest absolute Gasteiger partial charge is 0.0729 e. The Bertz CT molecular complexity index is 160. The summed E-state index contributed by atoms with van der Waals surface area (Å²) in [4.78, 5) is 0. The maximum Gasteiger partial charge on any atom is 0.0729 e. The second-order valence-electron chi connectivity index (χ2n) is 3.49. The Morgan fingerprint density at radius 3 is 3.10 bits per heavy atom. The zero-order valence-corrected chi connectivity index (χ0v) is 6.21. The molecule has 0 spiro atoms. The Morgan fingerprint density at radius 1 is 1.40 bits per heavy atom. The molecular weight excluding hydrogens is 124 g/mol. The van der Waals surface area contributed by atoms with Crippen molar-refractivity contribution in [3.8, 4) is 0 Å². The predicted molar refractivity (Wildman–Crippen MR) is 40.7 cm³/mol. The molecular formula is C9H14O. The van der Waals surface area contributed by atoms with Crippen LogP contribution in [0.15, 0.2) is 11.6 Å². The highest BCUT2D eigenvalue weighted by Gasteiger charge is 2.26. The summed E-state index contributed by atoms with van der Waals surface area (Å²) >= 11 is 0. The highest BCUT2D eigenvalue weighted by atomic mass is 16.3. The van der Waals surface area contributed by atoms with Gasteiger partial charge in [0.25, 0.3) is 0 Å². The van der Waals surface area contributed by atoms with E-state index in [0.717, 1.165) is 12.3 Å². The van der Waals surface area contributed by atoms with E-state index in [1.54, 1.807) is 5.57 Å². The number of hydrogen-bond acceptors (Lipinski definition) is 1. The van der Waals surface area contributed by atoms with Gasteiger partial charge >= 0.3 is 0 Å². The maximum atomic E-state index is 9.28. The van der Waals surface area contributed by atoms with E-state index in [4.69, 9.17) is 0 Å². The fourth-order valence-corrected chi connectivity index (χ4v) is 2.20. The zero-order valence-electron chi connectivity index (χ0n) is 6.21. The van der Waals surface area contributed by atoms with E-state index in [9.17, 15) is 5.11 Å². The first-order chi connectivity index (χ1) is 4.86. The average Bonchev–Trinajstić information content (AvgIpc) is 2.27. The molecule has 0 heterocycles. The average molecular weight is 138 g/mol. The topological polar surface area (TPSA) is 20.2 Å². The van der Waals surface area contributed by atoms with Crippen LogP contribution in [0.4, 0.5) is 0 Å². The normalized spacial score (nSPS) is 39.1. The lowest BCUT2D eigenvalue weighted by Gasteiger charge is -2.19. The zero-order chi connectivity index (χ0) is 6.97. The molecule has 2 aliphatic carbocycles. The first kappa shape index (κ1) is 6.41. The van der Waals surface area contributed by atoms with Gasteiger partial charge in [-0.2, -0.15) is 0 Å². The van der Waals surface area contributed by atoms with Crippen molar-refractivity contribution in [2.75, 3.05) is 0 Å². The second-order valence-corrected chi connectivity index (χ2v) is 3.49. The molecule has 0 aromatic rings. The molecule has 0 radical (unpaired) electrons. The van der Waals surface area contributed by atoms with E-state index in [1.807, 2.05) is 0 Å². The third-order valence-corrected chi connectivity index (χ3v) is 2.72. The number of aliphatic hydroxyl groups excluding tert-OH is 1. The van der Waals surface area contributed by atoms with Crippen LogP contribution in [0, 0.1) is 5.92 Å². The maximum absolute atomic E-state index is 9.28. The highest BCUT2D eigenvalue weighted by Crippen LogP contribution is 2.37. The van der Waals surface area contributed by atoms with Gasteiger partial charge in [0.1, 0.15) is 0 Å². The van der Waals surface area contributed by atoms with Crippen LogP contribution < -0.4 is 0 Å². The summed E-state index contributed by atoms with van der Waals surface area (Å²) in [5.41, 5.74) is 1.54. The largest absolute Gasteiger partial charge is 0.389 e. The SMILES string of the molecule is OC1C=C2CCCCC2C1. The van der Waals surface area contributed by atoms with Crippen molar-refractivity contribution in [2.24, 2.45) is 5.92 Å². The van der Waals surface area contributed by atoms with Gasteiger partial charge in [0.15, 0.2) is 0 Å². The van der Waals surface area contributed by atoms with Crippen molar-refractivity contribution in [3.05, 3.63) is 11.6 Å². The molecule has 0 saturated heterocycles. The highest BCUT2D eigenvalue weighted by molar-refractivity contribution is 5.17. The predicted octanol–water partition coefficient (Wildman–Crippen LogP) is 1.87. The van der Waals surface area contributed by atoms with Crippen LogP contribution >= 0.6 is 0 Å². The molecule has 1 heteroatoms. The number of fused-ring (bicyclic) bond motifs is 1. The molecule has 1 fully saturated rings. The summed E-state index contributed by atoms with van der Waals surface area (Å²) < 4.78 is 0. The van der Waals surface area contributed by atoms with Crippen LogP contribution in [0.3, 0.4) is 0 Å². The van der Waals surface area contributed by atoms with Crippen molar-refractivity contribution >= 4 is 0 Å². The van der Waals surface area contributed by atoms with E-state index in [0.29, 0.717) is 0 Å². The first-order valence-corrected chi connectivity index (χ1v) is 4.25. The summed E-state index contributed by atoms with van der Waals surface area (Å²) in [6, 6.07) is 0. The van der Waals surface area contributed by atoms with Crippen molar-refractivity contribution in [1.29, 1.82) is 0 Å². The lowest BCUT2D eigenvalue weighted by Crippen LogP contribution is -2.07. The minimum atomic E-state index is -0.113. The third-order valence-electron chi connectivity index (χ3n) is 2.72. The van der Waals surface area contributed by atoms with Gasteiger partial charge in [-0.3, -0.25) is 0 Å². The summed E-state index contributed by atoms with van der Waals surface area (Å²) in [6.07, 6.45) is 8.26. The molecule has 0 aliphatic heterocycles. The van der Waals surface area contributed by atoms with Crippen molar-refractivity contribution in [2.45, 2.75) is 38.2 Å². The van der Waals surface area contributed by atoms with Gasteiger partial charge in [0.05, 0.1) is 6.10 Å². The van der Waals surface area contributed by atoms with Gasteiger partial charge in [-0.1, -0.05) is 18.1 Å². The van der Waals surface area contributed by atoms with Crippen LogP contribution in [0.2, 0.25) is 0 Å². The minimum absolute atomic E-state index is 0.113. The van der Waals surface area contributed by atoms with Crippen molar-refractivity contribution in [1.82, 2.24) is 0 Å². The fraction of sp³-hybridized carbons (Fsp3) is 0.778. The monoisotopic (exact) mass is 138 g/mol. The Hall–Kier alpha value is -0.300. The van der Waals surface area contributed by atoms with Crippen LogP contribution in [0.25, 0.3) is 0 Å². The van der Waals surface area contributed by atoms with Crippen molar-refractivity contribution < 1.29 is 5.11 Å². The van der Waals surface area contributed by atoms with E-state index in [2.05, 4.69) is 6.08 Å². The molecule has 1 saturated carbocycles. The quantitative estimate of drug-likeness (QED) is 0.507. The third kappa shape index (κ3) is 0.988. The molecule has 1 N–H and O–H groups in total. The number of rotatable bonds is 0. The summed E-state index contributed by atoms with van der Waals surface area (Å²) in [6.45, 7) is 0. The van der Waals surface area contributed by atoms with Gasteiger partial charge in [-0.15, -0.1) is 0 Å². The molecule has 10 heavy (non-hydrogen) atoms. The number of aliphatic hydroxyl groups is 1. The van der Waals surface area contributed by atoms with Crippen molar-refractivity contribution in [3.63, 3.8) is 0 Å². The second kappa shape index (κ2) is 2.39. The Balaban J connectivity index is 2.10. The molecule has 2 aliphatic rings. The molecule has 56 valence electrons. The fourth-order valence-electron chi connectivity index (χ4n) is 2.20. The lowest BCUT2D eigenvalue weighted by molar-refractivity contribution is 0.205. The lowest BCUT2D eigenvalue weighted by atomic mass is 9.86. The Labute approximate surface area is 61.8 Å². The molecule has 1 nitrogen and oxygen atoms in total. The van der Waals surface area contributed by atoms with Gasteiger partial charge < -0.3 is 5.11 Å². The number of allylic oxidation sites excluding steroid dienone is 1. The molecule has 2 atom stereocenters. The standard InChI is InChI=1S/C9H14O/c10-9-5-7-3-1-2-4-8(7)6-9/h5,8-10H,1-4,6H2.